The number of nitrogens with zero attached hydrogens (tertiary/aromatic N) is 5. The Bertz CT molecular complexity index is 1140. The first kappa shape index (κ1) is 30.7. The van der Waals surface area contributed by atoms with Gasteiger partial charge in [0.05, 0.1) is 22.6 Å². The number of fused-ring (bicyclic) bond motifs is 1. The summed E-state index contributed by atoms with van der Waals surface area (Å²) in [5.74, 6) is 0.476. The van der Waals surface area contributed by atoms with Crippen molar-refractivity contribution < 1.29 is 8.78 Å². The van der Waals surface area contributed by atoms with Crippen molar-refractivity contribution in [1.29, 1.82) is 0 Å². The smallest absolute Gasteiger partial charge is 0.240 e. The molecule has 0 aromatic carbocycles. The monoisotopic (exact) mass is 497 g/mol. The standard InChI is InChI=1S/C16H17BN6.C7H15N.C3H6F2/c1-9(2)19-12-5-6-13(20-10(12)3)11-7-8-23-14(11)15(17)21-16(18-4)22-23;1-4-5-6-8-7(2)3;1-2-3(4)5/h5-8H,1-4H3,(H,18,22);8H,2,4-6H2,1,3H3;3H,2H2,1H3. The van der Waals surface area contributed by atoms with Crippen LogP contribution in [-0.4, -0.2) is 53.2 Å². The molecule has 0 saturated heterocycles. The van der Waals surface area contributed by atoms with Gasteiger partial charge in [0.15, 0.2) is 0 Å². The minimum absolute atomic E-state index is 0.0278. The minimum atomic E-state index is -2.12. The Morgan fingerprint density at radius 2 is 1.83 bits per heavy atom. The van der Waals surface area contributed by atoms with Crippen LogP contribution in [-0.2, 0) is 0 Å². The lowest BCUT2D eigenvalue weighted by molar-refractivity contribution is 0.144. The Morgan fingerprint density at radius 1 is 1.17 bits per heavy atom. The molecule has 0 amide bonds. The molecule has 0 atom stereocenters. The number of unbranched alkanes of at least 4 members (excludes halogenated alkanes) is 1. The fraction of sp³-hybridized carbons (Fsp3) is 0.462. The summed E-state index contributed by atoms with van der Waals surface area (Å²) in [6, 6.07) is 5.85. The highest BCUT2D eigenvalue weighted by Gasteiger charge is 2.12. The molecule has 0 fully saturated rings. The molecule has 3 aromatic heterocycles. The highest BCUT2D eigenvalue weighted by molar-refractivity contribution is 6.36. The molecular weight excluding hydrogens is 459 g/mol. The highest BCUT2D eigenvalue weighted by Crippen LogP contribution is 2.26. The lowest BCUT2D eigenvalue weighted by Crippen LogP contribution is -2.17. The molecule has 0 bridgehead atoms. The summed E-state index contributed by atoms with van der Waals surface area (Å²) < 4.78 is 23.2. The zero-order chi connectivity index (χ0) is 27.3. The van der Waals surface area contributed by atoms with Crippen LogP contribution in [0.4, 0.5) is 20.4 Å². The summed E-state index contributed by atoms with van der Waals surface area (Å²) in [6.45, 7) is 16.3. The van der Waals surface area contributed by atoms with Crippen LogP contribution in [0.2, 0.25) is 0 Å². The maximum atomic E-state index is 10.8. The first-order valence-corrected chi connectivity index (χ1v) is 12.0. The number of nitrogens with one attached hydrogen (secondary N) is 2. The number of alkyl halides is 2. The van der Waals surface area contributed by atoms with Crippen LogP contribution in [0.15, 0.2) is 41.7 Å². The Hall–Kier alpha value is -3.30. The van der Waals surface area contributed by atoms with Gasteiger partial charge in [-0.05, 0) is 52.3 Å². The molecule has 0 aliphatic rings. The van der Waals surface area contributed by atoms with Gasteiger partial charge in [-0.1, -0.05) is 26.8 Å². The van der Waals surface area contributed by atoms with E-state index in [2.05, 4.69) is 44.2 Å². The van der Waals surface area contributed by atoms with Gasteiger partial charge in [-0.25, -0.2) is 18.3 Å². The zero-order valence-electron chi connectivity index (χ0n) is 22.5. The summed E-state index contributed by atoms with van der Waals surface area (Å²) in [4.78, 5) is 13.4. The highest BCUT2D eigenvalue weighted by atomic mass is 19.3. The molecule has 3 heterocycles. The first-order valence-electron chi connectivity index (χ1n) is 12.0. The summed E-state index contributed by atoms with van der Waals surface area (Å²) >= 11 is 0. The van der Waals surface area contributed by atoms with E-state index in [1.807, 2.05) is 52.1 Å². The minimum Gasteiger partial charge on any atom is -0.389 e. The maximum Gasteiger partial charge on any atom is 0.240 e. The van der Waals surface area contributed by atoms with Crippen LogP contribution in [0.25, 0.3) is 16.8 Å². The zero-order valence-corrected chi connectivity index (χ0v) is 22.5. The van der Waals surface area contributed by atoms with E-state index in [9.17, 15) is 8.78 Å². The van der Waals surface area contributed by atoms with Gasteiger partial charge in [0, 0.05) is 48.8 Å². The third kappa shape index (κ3) is 10.1. The SMILES string of the molecule is C=C(C)NCCCC.CCC(F)F.[B]c1nc(NC)nn2ccc(-c3ccc(N=C(C)C)c(C)n3)c12. The summed E-state index contributed by atoms with van der Waals surface area (Å²) in [7, 11) is 7.84. The largest absolute Gasteiger partial charge is 0.389 e. The van der Waals surface area contributed by atoms with E-state index >= 15 is 0 Å². The fourth-order valence-corrected chi connectivity index (χ4v) is 2.91. The number of rotatable bonds is 8. The summed E-state index contributed by atoms with van der Waals surface area (Å²) in [5.41, 5.74) is 6.69. The van der Waals surface area contributed by atoms with E-state index in [0.29, 0.717) is 11.5 Å². The predicted molar refractivity (Wildman–Crippen MR) is 148 cm³/mol. The topological polar surface area (TPSA) is 79.5 Å². The fourth-order valence-electron chi connectivity index (χ4n) is 2.91. The first-order chi connectivity index (χ1) is 17.0. The van der Waals surface area contributed by atoms with E-state index in [1.54, 1.807) is 11.6 Å². The molecule has 0 aliphatic heterocycles. The van der Waals surface area contributed by atoms with Crippen molar-refractivity contribution in [3.63, 3.8) is 0 Å². The number of hydrogen-bond acceptors (Lipinski definition) is 6. The van der Waals surface area contributed by atoms with Crippen molar-refractivity contribution >= 4 is 36.3 Å². The van der Waals surface area contributed by atoms with E-state index in [-0.39, 0.29) is 6.42 Å². The quantitative estimate of drug-likeness (QED) is 0.240. The van der Waals surface area contributed by atoms with Crippen molar-refractivity contribution in [3.8, 4) is 11.3 Å². The van der Waals surface area contributed by atoms with Crippen molar-refractivity contribution in [1.82, 2.24) is 24.9 Å². The van der Waals surface area contributed by atoms with E-state index in [1.165, 1.54) is 19.8 Å². The van der Waals surface area contributed by atoms with E-state index in [4.69, 9.17) is 7.85 Å². The van der Waals surface area contributed by atoms with Crippen molar-refractivity contribution in [3.05, 3.63) is 42.4 Å². The summed E-state index contributed by atoms with van der Waals surface area (Å²) in [5, 5.41) is 10.4. The molecule has 0 unspecified atom stereocenters. The lowest BCUT2D eigenvalue weighted by atomic mass is 10.00. The van der Waals surface area contributed by atoms with E-state index < -0.39 is 6.43 Å². The average molecular weight is 497 g/mol. The van der Waals surface area contributed by atoms with Crippen LogP contribution >= 0.6 is 0 Å². The van der Waals surface area contributed by atoms with Gasteiger partial charge in [0.1, 0.15) is 7.85 Å². The molecule has 7 nitrogen and oxygen atoms in total. The van der Waals surface area contributed by atoms with E-state index in [0.717, 1.165) is 46.1 Å². The normalized spacial score (nSPS) is 10.2. The number of aryl methyl sites for hydroxylation is 1. The van der Waals surface area contributed by atoms with Crippen LogP contribution in [0, 0.1) is 6.92 Å². The Balaban J connectivity index is 0.000000414. The molecule has 36 heavy (non-hydrogen) atoms. The molecule has 3 rings (SSSR count). The molecule has 0 aliphatic carbocycles. The maximum absolute atomic E-state index is 10.8. The average Bonchev–Trinajstić information content (AvgIpc) is 3.25. The molecule has 194 valence electrons. The second kappa shape index (κ2) is 15.6. The van der Waals surface area contributed by atoms with Gasteiger partial charge in [-0.2, -0.15) is 0 Å². The lowest BCUT2D eigenvalue weighted by Gasteiger charge is -2.07. The van der Waals surface area contributed by atoms with Gasteiger partial charge in [0.25, 0.3) is 0 Å². The van der Waals surface area contributed by atoms with Crippen LogP contribution in [0.3, 0.4) is 0 Å². The van der Waals surface area contributed by atoms with Crippen molar-refractivity contribution in [2.75, 3.05) is 18.9 Å². The predicted octanol–water partition coefficient (Wildman–Crippen LogP) is 5.62. The second-order valence-electron chi connectivity index (χ2n) is 8.31. The number of anilines is 1. The van der Waals surface area contributed by atoms with Gasteiger partial charge in [-0.15, -0.1) is 5.10 Å². The van der Waals surface area contributed by atoms with Gasteiger partial charge in [-0.3, -0.25) is 9.98 Å². The molecule has 10 heteroatoms. The molecule has 0 spiro atoms. The number of aromatic nitrogens is 4. The van der Waals surface area contributed by atoms with Crippen LogP contribution in [0.1, 0.15) is 59.6 Å². The molecular formula is C26H38BF2N7. The third-order valence-corrected chi connectivity index (χ3v) is 4.71. The molecule has 0 saturated carbocycles. The summed E-state index contributed by atoms with van der Waals surface area (Å²) in [6.07, 6.45) is 2.20. The molecule has 2 N–H and O–H groups in total. The Morgan fingerprint density at radius 3 is 2.33 bits per heavy atom. The molecule has 3 aromatic rings. The Labute approximate surface area is 215 Å². The Kier molecular flexibility index (Phi) is 13.4. The van der Waals surface area contributed by atoms with Gasteiger partial charge in [0.2, 0.25) is 12.4 Å². The number of pyridine rings is 1. The number of aliphatic imine (C=N–C) groups is 1. The van der Waals surface area contributed by atoms with Crippen LogP contribution < -0.4 is 16.2 Å². The van der Waals surface area contributed by atoms with Crippen molar-refractivity contribution in [2.24, 2.45) is 4.99 Å². The molecule has 2 radical (unpaired) electrons. The third-order valence-electron chi connectivity index (χ3n) is 4.71. The number of allylic oxidation sites excluding steroid dienone is 1. The van der Waals surface area contributed by atoms with Gasteiger partial charge >= 0.3 is 0 Å². The van der Waals surface area contributed by atoms with Crippen molar-refractivity contribution in [2.45, 2.75) is 67.2 Å². The second-order valence-corrected chi connectivity index (χ2v) is 8.31. The van der Waals surface area contributed by atoms with Gasteiger partial charge < -0.3 is 10.6 Å². The number of hydrogen-bond donors (Lipinski definition) is 2. The van der Waals surface area contributed by atoms with Crippen LogP contribution in [0.5, 0.6) is 0 Å². The number of halogens is 2.